The monoisotopic (exact) mass is 246 g/mol. The maximum absolute atomic E-state index is 11.4. The van der Waals surface area contributed by atoms with E-state index in [0.717, 1.165) is 16.4 Å². The standard InChI is InChI=1S/C11H10N4OS/c1-8-2-4-9(5-3-8)6-13-15-10(16)7-12-14-11(15)17/h2-7H,1H3,(H,14,17)/b13-6+. The fourth-order valence-corrected chi connectivity index (χ4v) is 1.42. The summed E-state index contributed by atoms with van der Waals surface area (Å²) in [5, 5.41) is 10.1. The van der Waals surface area contributed by atoms with Crippen molar-refractivity contribution >= 4 is 18.4 Å². The molecule has 1 aromatic heterocycles. The minimum absolute atomic E-state index is 0.167. The first kappa shape index (κ1) is 11.4. The maximum atomic E-state index is 11.4. The van der Waals surface area contributed by atoms with Gasteiger partial charge in [-0.3, -0.25) is 9.89 Å². The van der Waals surface area contributed by atoms with Crippen molar-refractivity contribution in [2.45, 2.75) is 6.92 Å². The number of aromatic nitrogens is 3. The Morgan fingerprint density at radius 1 is 1.41 bits per heavy atom. The summed E-state index contributed by atoms with van der Waals surface area (Å²) in [5.74, 6) is 0. The van der Waals surface area contributed by atoms with Gasteiger partial charge in [0.05, 0.1) is 6.21 Å². The average molecular weight is 246 g/mol. The molecule has 0 bridgehead atoms. The van der Waals surface area contributed by atoms with Crippen LogP contribution in [-0.4, -0.2) is 21.1 Å². The summed E-state index contributed by atoms with van der Waals surface area (Å²) in [7, 11) is 0. The van der Waals surface area contributed by atoms with Crippen LogP contribution in [0.2, 0.25) is 0 Å². The summed E-state index contributed by atoms with van der Waals surface area (Å²) in [6.07, 6.45) is 2.70. The molecule has 6 heteroatoms. The van der Waals surface area contributed by atoms with Crippen LogP contribution < -0.4 is 5.56 Å². The first-order valence-corrected chi connectivity index (χ1v) is 5.35. The summed E-state index contributed by atoms with van der Waals surface area (Å²) in [5.41, 5.74) is 1.70. The molecule has 17 heavy (non-hydrogen) atoms. The summed E-state index contributed by atoms with van der Waals surface area (Å²) >= 11 is 4.91. The molecule has 1 aromatic carbocycles. The van der Waals surface area contributed by atoms with Gasteiger partial charge in [-0.15, -0.1) is 0 Å². The Morgan fingerprint density at radius 3 is 2.76 bits per heavy atom. The van der Waals surface area contributed by atoms with Gasteiger partial charge in [0.15, 0.2) is 0 Å². The van der Waals surface area contributed by atoms with Crippen molar-refractivity contribution in [3.8, 4) is 0 Å². The third-order valence-corrected chi connectivity index (χ3v) is 2.40. The van der Waals surface area contributed by atoms with Crippen LogP contribution in [0.15, 0.2) is 40.4 Å². The van der Waals surface area contributed by atoms with Gasteiger partial charge in [0.25, 0.3) is 5.56 Å². The highest BCUT2D eigenvalue weighted by molar-refractivity contribution is 7.71. The first-order valence-electron chi connectivity index (χ1n) is 4.94. The lowest BCUT2D eigenvalue weighted by molar-refractivity contribution is 0.738. The third kappa shape index (κ3) is 2.73. The minimum atomic E-state index is -0.364. The van der Waals surface area contributed by atoms with E-state index in [2.05, 4.69) is 15.3 Å². The molecule has 0 atom stereocenters. The molecule has 5 nitrogen and oxygen atoms in total. The summed E-state index contributed by atoms with van der Waals surface area (Å²) in [6, 6.07) is 7.77. The number of aryl methyl sites for hydroxylation is 1. The van der Waals surface area contributed by atoms with Gasteiger partial charge < -0.3 is 0 Å². The SMILES string of the molecule is Cc1ccc(/C=N/n2c(=O)cn[nH]c2=S)cc1. The second-order valence-electron chi connectivity index (χ2n) is 3.48. The second-order valence-corrected chi connectivity index (χ2v) is 3.87. The number of hydrogen-bond donors (Lipinski definition) is 1. The molecule has 0 radical (unpaired) electrons. The highest BCUT2D eigenvalue weighted by Gasteiger charge is 1.94. The van der Waals surface area contributed by atoms with Gasteiger partial charge in [-0.25, -0.2) is 0 Å². The van der Waals surface area contributed by atoms with E-state index in [-0.39, 0.29) is 10.3 Å². The van der Waals surface area contributed by atoms with Gasteiger partial charge in [-0.05, 0) is 24.7 Å². The zero-order chi connectivity index (χ0) is 12.3. The quantitative estimate of drug-likeness (QED) is 0.645. The first-order chi connectivity index (χ1) is 8.16. The predicted octanol–water partition coefficient (Wildman–Crippen LogP) is 1.49. The maximum Gasteiger partial charge on any atom is 0.293 e. The van der Waals surface area contributed by atoms with Crippen molar-refractivity contribution in [1.82, 2.24) is 14.9 Å². The number of nitrogens with zero attached hydrogens (tertiary/aromatic N) is 3. The van der Waals surface area contributed by atoms with E-state index in [9.17, 15) is 4.79 Å². The topological polar surface area (TPSA) is 63.0 Å². The lowest BCUT2D eigenvalue weighted by atomic mass is 10.2. The van der Waals surface area contributed by atoms with Crippen LogP contribution in [0.1, 0.15) is 11.1 Å². The third-order valence-electron chi connectivity index (χ3n) is 2.14. The Morgan fingerprint density at radius 2 is 2.12 bits per heavy atom. The van der Waals surface area contributed by atoms with Crippen LogP contribution in [0.3, 0.4) is 0 Å². The highest BCUT2D eigenvalue weighted by atomic mass is 32.1. The van der Waals surface area contributed by atoms with Gasteiger partial charge >= 0.3 is 0 Å². The zero-order valence-corrected chi connectivity index (χ0v) is 9.94. The zero-order valence-electron chi connectivity index (χ0n) is 9.12. The molecule has 0 spiro atoms. The van der Waals surface area contributed by atoms with Crippen molar-refractivity contribution in [3.05, 3.63) is 56.7 Å². The van der Waals surface area contributed by atoms with Gasteiger partial charge in [-0.2, -0.15) is 14.9 Å². The molecule has 0 unspecified atom stereocenters. The second kappa shape index (κ2) is 4.84. The molecule has 2 rings (SSSR count). The molecule has 86 valence electrons. The predicted molar refractivity (Wildman–Crippen MR) is 67.9 cm³/mol. The van der Waals surface area contributed by atoms with Crippen LogP contribution >= 0.6 is 12.2 Å². The molecule has 0 aliphatic carbocycles. The average Bonchev–Trinajstić information content (AvgIpc) is 2.31. The number of hydrogen-bond acceptors (Lipinski definition) is 4. The van der Waals surface area contributed by atoms with Gasteiger partial charge in [0.2, 0.25) is 4.77 Å². The Kier molecular flexibility index (Phi) is 3.24. The van der Waals surface area contributed by atoms with Crippen molar-refractivity contribution in [3.63, 3.8) is 0 Å². The lowest BCUT2D eigenvalue weighted by Crippen LogP contribution is -2.18. The van der Waals surface area contributed by atoms with Crippen LogP contribution in [0, 0.1) is 11.7 Å². The minimum Gasteiger partial charge on any atom is -0.265 e. The van der Waals surface area contributed by atoms with E-state index in [1.54, 1.807) is 6.21 Å². The molecule has 1 N–H and O–H groups in total. The van der Waals surface area contributed by atoms with E-state index < -0.39 is 0 Å². The molecule has 0 saturated heterocycles. The Bertz CT molecular complexity index is 626. The smallest absolute Gasteiger partial charge is 0.265 e. The van der Waals surface area contributed by atoms with Crippen LogP contribution in [0.5, 0.6) is 0 Å². The van der Waals surface area contributed by atoms with Crippen molar-refractivity contribution in [1.29, 1.82) is 0 Å². The summed E-state index contributed by atoms with van der Waals surface area (Å²) in [6.45, 7) is 2.00. The molecule has 0 saturated carbocycles. The summed E-state index contributed by atoms with van der Waals surface area (Å²) < 4.78 is 1.25. The molecule has 2 aromatic rings. The van der Waals surface area contributed by atoms with E-state index in [4.69, 9.17) is 12.2 Å². The number of aromatic amines is 1. The largest absolute Gasteiger partial charge is 0.293 e. The fraction of sp³-hybridized carbons (Fsp3) is 0.0909. The Hall–Kier alpha value is -2.08. The normalized spacial score (nSPS) is 10.9. The van der Waals surface area contributed by atoms with Crippen LogP contribution in [0.25, 0.3) is 0 Å². The van der Waals surface area contributed by atoms with E-state index >= 15 is 0 Å². The van der Waals surface area contributed by atoms with Crippen molar-refractivity contribution < 1.29 is 0 Å². The molecule has 0 aliphatic rings. The molecule has 0 aliphatic heterocycles. The molecule has 1 heterocycles. The molecular weight excluding hydrogens is 236 g/mol. The van der Waals surface area contributed by atoms with Gasteiger partial charge in [0.1, 0.15) is 6.20 Å². The number of H-pyrrole nitrogens is 1. The van der Waals surface area contributed by atoms with Crippen molar-refractivity contribution in [2.24, 2.45) is 5.10 Å². The van der Waals surface area contributed by atoms with E-state index in [1.807, 2.05) is 31.2 Å². The molecular formula is C11H10N4OS. The Labute approximate surface area is 102 Å². The molecule has 0 fully saturated rings. The van der Waals surface area contributed by atoms with E-state index in [0.29, 0.717) is 0 Å². The highest BCUT2D eigenvalue weighted by Crippen LogP contribution is 2.00. The Balaban J connectivity index is 2.36. The fourth-order valence-electron chi connectivity index (χ4n) is 1.23. The van der Waals surface area contributed by atoms with Crippen LogP contribution in [0.4, 0.5) is 0 Å². The number of nitrogens with one attached hydrogen (secondary N) is 1. The van der Waals surface area contributed by atoms with Crippen molar-refractivity contribution in [2.75, 3.05) is 0 Å². The van der Waals surface area contributed by atoms with Gasteiger partial charge in [-0.1, -0.05) is 29.8 Å². The molecule has 0 amide bonds. The van der Waals surface area contributed by atoms with E-state index in [1.165, 1.54) is 5.56 Å². The number of rotatable bonds is 2. The lowest BCUT2D eigenvalue weighted by Gasteiger charge is -1.97. The van der Waals surface area contributed by atoms with Gasteiger partial charge in [0, 0.05) is 0 Å². The van der Waals surface area contributed by atoms with Crippen LogP contribution in [-0.2, 0) is 0 Å². The summed E-state index contributed by atoms with van der Waals surface area (Å²) in [4.78, 5) is 11.4. The number of benzene rings is 1.